The molecule has 1 fully saturated rings. The normalized spacial score (nSPS) is 14.8. The molecular weight excluding hydrogens is 410 g/mol. The number of ether oxygens (including phenoxy) is 2. The Morgan fingerprint density at radius 2 is 1.63 bits per heavy atom. The lowest BCUT2D eigenvalue weighted by molar-refractivity contribution is 0.0600. The highest BCUT2D eigenvalue weighted by molar-refractivity contribution is 7.89. The van der Waals surface area contributed by atoms with E-state index in [0.717, 1.165) is 0 Å². The van der Waals surface area contributed by atoms with Gasteiger partial charge in [0.1, 0.15) is 5.75 Å². The summed E-state index contributed by atoms with van der Waals surface area (Å²) in [5, 5.41) is 2.73. The summed E-state index contributed by atoms with van der Waals surface area (Å²) >= 11 is 0. The average Bonchev–Trinajstić information content (AvgIpc) is 2.78. The third-order valence-corrected chi connectivity index (χ3v) is 6.67. The van der Waals surface area contributed by atoms with Gasteiger partial charge in [-0.1, -0.05) is 6.07 Å². The lowest BCUT2D eigenvalue weighted by atomic mass is 10.2. The maximum Gasteiger partial charge on any atom is 0.337 e. The average molecular weight is 433 g/mol. The fourth-order valence-electron chi connectivity index (χ4n) is 3.07. The molecule has 160 valence electrons. The van der Waals surface area contributed by atoms with Crippen LogP contribution in [0.3, 0.4) is 0 Å². The number of piperazine rings is 1. The van der Waals surface area contributed by atoms with Crippen LogP contribution in [0.5, 0.6) is 5.75 Å². The number of hydrogen-bond donors (Lipinski definition) is 1. The van der Waals surface area contributed by atoms with Crippen LogP contribution in [-0.4, -0.2) is 70.0 Å². The van der Waals surface area contributed by atoms with Crippen LogP contribution in [0.2, 0.25) is 0 Å². The zero-order valence-electron chi connectivity index (χ0n) is 16.7. The maximum atomic E-state index is 12.8. The van der Waals surface area contributed by atoms with Gasteiger partial charge in [0.2, 0.25) is 10.0 Å². The molecule has 0 aromatic heterocycles. The number of benzene rings is 2. The maximum absolute atomic E-state index is 12.8. The Hall–Kier alpha value is -3.11. The molecule has 0 saturated carbocycles. The van der Waals surface area contributed by atoms with Crippen LogP contribution in [-0.2, 0) is 14.8 Å². The highest BCUT2D eigenvalue weighted by Gasteiger charge is 2.30. The van der Waals surface area contributed by atoms with Crippen LogP contribution in [0.4, 0.5) is 10.5 Å². The Balaban J connectivity index is 1.60. The molecule has 1 aliphatic rings. The molecule has 9 nitrogen and oxygen atoms in total. The summed E-state index contributed by atoms with van der Waals surface area (Å²) in [4.78, 5) is 25.9. The number of carbonyl (C=O) groups is 2. The summed E-state index contributed by atoms with van der Waals surface area (Å²) in [6.07, 6.45) is 0. The molecule has 0 spiro atoms. The number of nitrogens with zero attached hydrogens (tertiary/aromatic N) is 2. The number of anilines is 1. The summed E-state index contributed by atoms with van der Waals surface area (Å²) in [7, 11) is -0.847. The monoisotopic (exact) mass is 433 g/mol. The summed E-state index contributed by atoms with van der Waals surface area (Å²) in [5.74, 6) is 0.0789. The molecule has 1 aliphatic heterocycles. The van der Waals surface area contributed by atoms with Gasteiger partial charge in [-0.05, 0) is 42.5 Å². The lowest BCUT2D eigenvalue weighted by Gasteiger charge is -2.34. The van der Waals surface area contributed by atoms with Gasteiger partial charge >= 0.3 is 12.0 Å². The Morgan fingerprint density at radius 3 is 2.23 bits per heavy atom. The third-order valence-electron chi connectivity index (χ3n) is 4.76. The van der Waals surface area contributed by atoms with Crippen LogP contribution < -0.4 is 10.1 Å². The van der Waals surface area contributed by atoms with Crippen molar-refractivity contribution in [1.29, 1.82) is 0 Å². The molecule has 3 rings (SSSR count). The number of amides is 2. The second kappa shape index (κ2) is 9.14. The molecule has 0 aliphatic carbocycles. The Labute approximate surface area is 175 Å². The van der Waals surface area contributed by atoms with Crippen LogP contribution in [0, 0.1) is 0 Å². The molecule has 0 unspecified atom stereocenters. The van der Waals surface area contributed by atoms with E-state index in [2.05, 4.69) is 10.1 Å². The van der Waals surface area contributed by atoms with E-state index < -0.39 is 16.0 Å². The topological polar surface area (TPSA) is 105 Å². The second-order valence-electron chi connectivity index (χ2n) is 6.57. The third kappa shape index (κ3) is 4.71. The van der Waals surface area contributed by atoms with Crippen molar-refractivity contribution in [1.82, 2.24) is 9.21 Å². The highest BCUT2D eigenvalue weighted by Crippen LogP contribution is 2.21. The van der Waals surface area contributed by atoms with Crippen LogP contribution in [0.25, 0.3) is 0 Å². The van der Waals surface area contributed by atoms with Gasteiger partial charge in [0.05, 0.1) is 24.7 Å². The molecular formula is C20H23N3O6S. The van der Waals surface area contributed by atoms with Crippen molar-refractivity contribution in [3.05, 3.63) is 54.1 Å². The lowest BCUT2D eigenvalue weighted by Crippen LogP contribution is -2.51. The van der Waals surface area contributed by atoms with Gasteiger partial charge in [-0.2, -0.15) is 4.31 Å². The number of methoxy groups -OCH3 is 2. The van der Waals surface area contributed by atoms with Gasteiger partial charge in [0.15, 0.2) is 0 Å². The molecule has 30 heavy (non-hydrogen) atoms. The summed E-state index contributed by atoms with van der Waals surface area (Å²) in [6, 6.07) is 12.2. The fraction of sp³-hybridized carbons (Fsp3) is 0.300. The Bertz CT molecular complexity index is 1020. The van der Waals surface area contributed by atoms with Gasteiger partial charge in [-0.25, -0.2) is 18.0 Å². The minimum absolute atomic E-state index is 0.181. The second-order valence-corrected chi connectivity index (χ2v) is 8.51. The number of rotatable bonds is 5. The largest absolute Gasteiger partial charge is 0.497 e. The quantitative estimate of drug-likeness (QED) is 0.724. The van der Waals surface area contributed by atoms with Crippen LogP contribution in [0.1, 0.15) is 10.4 Å². The van der Waals surface area contributed by atoms with Gasteiger partial charge in [-0.3, -0.25) is 0 Å². The number of sulfonamides is 1. The molecule has 2 amide bonds. The van der Waals surface area contributed by atoms with Crippen molar-refractivity contribution in [2.24, 2.45) is 0 Å². The number of urea groups is 1. The molecule has 10 heteroatoms. The minimum Gasteiger partial charge on any atom is -0.497 e. The van der Waals surface area contributed by atoms with Crippen molar-refractivity contribution in [3.8, 4) is 5.75 Å². The summed E-state index contributed by atoms with van der Waals surface area (Å²) in [5.41, 5.74) is 0.780. The molecule has 0 radical (unpaired) electrons. The van der Waals surface area contributed by atoms with E-state index >= 15 is 0 Å². The number of esters is 1. The molecule has 1 N–H and O–H groups in total. The molecule has 2 aromatic rings. The predicted octanol–water partition coefficient (Wildman–Crippen LogP) is 2.02. The number of hydrogen-bond acceptors (Lipinski definition) is 6. The van der Waals surface area contributed by atoms with Crippen molar-refractivity contribution >= 4 is 27.7 Å². The van der Waals surface area contributed by atoms with Gasteiger partial charge < -0.3 is 19.7 Å². The SMILES string of the molecule is COC(=O)c1cccc(NC(=O)N2CCN(S(=O)(=O)c3ccc(OC)cc3)CC2)c1. The van der Waals surface area contributed by atoms with E-state index in [1.165, 1.54) is 41.6 Å². The van der Waals surface area contributed by atoms with Crippen molar-refractivity contribution < 1.29 is 27.5 Å². The minimum atomic E-state index is -3.65. The van der Waals surface area contributed by atoms with Crippen LogP contribution >= 0.6 is 0 Å². The molecule has 2 aromatic carbocycles. The van der Waals surface area contributed by atoms with Crippen molar-refractivity contribution in [2.75, 3.05) is 45.7 Å². The van der Waals surface area contributed by atoms with Gasteiger partial charge in [-0.15, -0.1) is 0 Å². The van der Waals surface area contributed by atoms with Gasteiger partial charge in [0, 0.05) is 31.9 Å². The van der Waals surface area contributed by atoms with Crippen LogP contribution in [0.15, 0.2) is 53.4 Å². The molecule has 0 atom stereocenters. The zero-order valence-corrected chi connectivity index (χ0v) is 17.5. The summed E-state index contributed by atoms with van der Waals surface area (Å²) < 4.78 is 36.7. The molecule has 1 saturated heterocycles. The first-order valence-corrected chi connectivity index (χ1v) is 10.7. The highest BCUT2D eigenvalue weighted by atomic mass is 32.2. The van der Waals surface area contributed by atoms with Crippen molar-refractivity contribution in [2.45, 2.75) is 4.90 Å². The van der Waals surface area contributed by atoms with E-state index in [1.54, 1.807) is 30.3 Å². The van der Waals surface area contributed by atoms with E-state index in [4.69, 9.17) is 4.74 Å². The van der Waals surface area contributed by atoms with E-state index in [9.17, 15) is 18.0 Å². The molecule has 1 heterocycles. The fourth-order valence-corrected chi connectivity index (χ4v) is 4.49. The van der Waals surface area contributed by atoms with Crippen molar-refractivity contribution in [3.63, 3.8) is 0 Å². The molecule has 0 bridgehead atoms. The van der Waals surface area contributed by atoms with E-state index in [1.807, 2.05) is 0 Å². The van der Waals surface area contributed by atoms with E-state index in [0.29, 0.717) is 17.0 Å². The number of nitrogens with one attached hydrogen (secondary N) is 1. The Morgan fingerprint density at radius 1 is 0.967 bits per heavy atom. The predicted molar refractivity (Wildman–Crippen MR) is 110 cm³/mol. The first-order valence-electron chi connectivity index (χ1n) is 9.23. The smallest absolute Gasteiger partial charge is 0.337 e. The zero-order chi connectivity index (χ0) is 21.7. The first-order chi connectivity index (χ1) is 14.3. The first kappa shape index (κ1) is 21.6. The number of carbonyl (C=O) groups excluding carboxylic acids is 2. The standard InChI is InChI=1S/C20H23N3O6S/c1-28-17-6-8-18(9-7-17)30(26,27)23-12-10-22(11-13-23)20(25)21-16-5-3-4-15(14-16)19(24)29-2/h3-9,14H,10-13H2,1-2H3,(H,21,25). The Kier molecular flexibility index (Phi) is 6.58. The van der Waals surface area contributed by atoms with Gasteiger partial charge in [0.25, 0.3) is 0 Å². The van der Waals surface area contributed by atoms with E-state index in [-0.39, 0.29) is 37.1 Å². The summed E-state index contributed by atoms with van der Waals surface area (Å²) in [6.45, 7) is 0.865.